The van der Waals surface area contributed by atoms with Gasteiger partial charge in [0.2, 0.25) is 18.2 Å². The molecule has 0 unspecified atom stereocenters. The Hall–Kier alpha value is -3.53. The van der Waals surface area contributed by atoms with E-state index in [0.29, 0.717) is 60.0 Å². The lowest BCUT2D eigenvalue weighted by molar-refractivity contribution is -0.128. The minimum absolute atomic E-state index is 0.0468. The summed E-state index contributed by atoms with van der Waals surface area (Å²) in [5.74, 6) is -1.98. The van der Waals surface area contributed by atoms with Crippen LogP contribution in [0, 0.1) is 29.0 Å². The number of nitrogens with zero attached hydrogens (tertiary/aromatic N) is 3. The van der Waals surface area contributed by atoms with Gasteiger partial charge in [-0.2, -0.15) is 15.9 Å². The van der Waals surface area contributed by atoms with Crippen LogP contribution in [0.1, 0.15) is 43.8 Å². The molecule has 1 aromatic heterocycles. The van der Waals surface area contributed by atoms with Crippen LogP contribution < -0.4 is 10.2 Å². The third-order valence-corrected chi connectivity index (χ3v) is 10.5. The summed E-state index contributed by atoms with van der Waals surface area (Å²) in [4.78, 5) is 20.4. The van der Waals surface area contributed by atoms with Gasteiger partial charge in [-0.25, -0.2) is 18.2 Å². The lowest BCUT2D eigenvalue weighted by Crippen LogP contribution is -2.44. The lowest BCUT2D eigenvalue weighted by Gasteiger charge is -2.41. The first-order valence-electron chi connectivity index (χ1n) is 14.4. The fraction of sp³-hybridized carbons (Fsp3) is 0.452. The molecule has 0 spiro atoms. The predicted molar refractivity (Wildman–Crippen MR) is 157 cm³/mol. The highest BCUT2D eigenvalue weighted by atomic mass is 32.3. The Balaban J connectivity index is 1.36. The summed E-state index contributed by atoms with van der Waals surface area (Å²) in [6, 6.07) is 15.4. The van der Waals surface area contributed by atoms with E-state index in [1.807, 2.05) is 24.3 Å². The van der Waals surface area contributed by atoms with E-state index in [1.54, 1.807) is 12.1 Å². The number of nitriles is 1. The molecule has 1 amide bonds. The molecular formula is C31H33F3N4O4S. The second kappa shape index (κ2) is 11.5. The first-order valence-corrected chi connectivity index (χ1v) is 16.3. The fourth-order valence-electron chi connectivity index (χ4n) is 6.07. The molecule has 3 fully saturated rings. The molecule has 0 radical (unpaired) electrons. The van der Waals surface area contributed by atoms with E-state index in [4.69, 9.17) is 9.40 Å². The fourth-order valence-corrected chi connectivity index (χ4v) is 7.30. The number of oxazole rings is 1. The van der Waals surface area contributed by atoms with Crippen molar-refractivity contribution < 1.29 is 31.5 Å². The Bertz CT molecular complexity index is 1510. The second-order valence-electron chi connectivity index (χ2n) is 11.8. The van der Waals surface area contributed by atoms with Crippen LogP contribution in [0.3, 0.4) is 0 Å². The van der Waals surface area contributed by atoms with Crippen molar-refractivity contribution in [3.8, 4) is 28.8 Å². The molecular weight excluding hydrogens is 581 g/mol. The van der Waals surface area contributed by atoms with Gasteiger partial charge in [-0.05, 0) is 68.5 Å². The average molecular weight is 615 g/mol. The van der Waals surface area contributed by atoms with Gasteiger partial charge in [0.05, 0.1) is 17.6 Å². The van der Waals surface area contributed by atoms with Crippen LogP contribution in [0.4, 0.5) is 18.9 Å². The molecule has 228 valence electrons. The van der Waals surface area contributed by atoms with Crippen molar-refractivity contribution in [2.24, 2.45) is 11.8 Å². The van der Waals surface area contributed by atoms with Gasteiger partial charge in [-0.3, -0.25) is 13.9 Å². The predicted octanol–water partition coefficient (Wildman–Crippen LogP) is 6.66. The largest absolute Gasteiger partial charge is 0.440 e. The molecule has 2 saturated carbocycles. The van der Waals surface area contributed by atoms with E-state index in [0.717, 1.165) is 5.69 Å². The Morgan fingerprint density at radius 2 is 1.72 bits per heavy atom. The molecule has 0 bridgehead atoms. The number of nitrogens with one attached hydrogen (secondary N) is 1. The first-order chi connectivity index (χ1) is 20.6. The number of anilines is 1. The van der Waals surface area contributed by atoms with Crippen LogP contribution in [0.5, 0.6) is 0 Å². The molecule has 43 heavy (non-hydrogen) atoms. The summed E-state index contributed by atoms with van der Waals surface area (Å²) in [6.07, 6.45) is -1.10. The zero-order chi connectivity index (χ0) is 30.4. The Morgan fingerprint density at radius 1 is 1.07 bits per heavy atom. The number of alkyl halides is 2. The van der Waals surface area contributed by atoms with Crippen molar-refractivity contribution in [2.75, 3.05) is 29.5 Å². The Morgan fingerprint density at radius 3 is 2.33 bits per heavy atom. The summed E-state index contributed by atoms with van der Waals surface area (Å²) in [5.41, 5.74) is 1.66. The van der Waals surface area contributed by atoms with Gasteiger partial charge in [0.25, 0.3) is 0 Å². The van der Waals surface area contributed by atoms with E-state index < -0.39 is 52.0 Å². The summed E-state index contributed by atoms with van der Waals surface area (Å²) in [5, 5.41) is 12.4. The third-order valence-electron chi connectivity index (χ3n) is 8.87. The standard InChI is InChI=1S/C31H33F3N4O4S/c32-22-6-1-20(2-7-22)30-36-26(19-3-8-23(9-4-19)38-13-15-43(40,41)16-14-38)27(42-30)24-10-5-21(28(33)34)17-25(24)29(39)37-31(18-35)11-12-31/h1-4,6-9,21,24-25,28,40-41H,5,10-17H2,(H,37,39)/t21-,24+,25+/m0/s1. The number of halogens is 3. The van der Waals surface area contributed by atoms with E-state index in [9.17, 15) is 32.3 Å². The van der Waals surface area contributed by atoms with Crippen molar-refractivity contribution in [2.45, 2.75) is 50.0 Å². The van der Waals surface area contributed by atoms with Crippen LogP contribution in [-0.2, 0) is 4.79 Å². The topological polar surface area (TPSA) is 123 Å². The van der Waals surface area contributed by atoms with Crippen LogP contribution in [0.15, 0.2) is 52.9 Å². The van der Waals surface area contributed by atoms with Crippen molar-refractivity contribution in [1.29, 1.82) is 5.26 Å². The zero-order valence-electron chi connectivity index (χ0n) is 23.4. The van der Waals surface area contributed by atoms with E-state index >= 15 is 0 Å². The number of carbonyl (C=O) groups is 1. The Labute approximate surface area is 249 Å². The third kappa shape index (κ3) is 6.25. The van der Waals surface area contributed by atoms with Crippen molar-refractivity contribution >= 4 is 22.2 Å². The number of benzene rings is 2. The minimum atomic E-state index is -2.57. The number of hydrogen-bond acceptors (Lipinski definition) is 7. The maximum Gasteiger partial charge on any atom is 0.241 e. The summed E-state index contributed by atoms with van der Waals surface area (Å²) >= 11 is 0. The zero-order valence-corrected chi connectivity index (χ0v) is 24.2. The van der Waals surface area contributed by atoms with Gasteiger partial charge >= 0.3 is 0 Å². The van der Waals surface area contributed by atoms with Gasteiger partial charge in [0.1, 0.15) is 22.8 Å². The van der Waals surface area contributed by atoms with Gasteiger partial charge < -0.3 is 14.6 Å². The number of carbonyl (C=O) groups excluding carboxylic acids is 1. The summed E-state index contributed by atoms with van der Waals surface area (Å²) in [6.45, 7) is 1.03. The molecule has 2 heterocycles. The van der Waals surface area contributed by atoms with Crippen molar-refractivity contribution in [3.63, 3.8) is 0 Å². The van der Waals surface area contributed by atoms with Gasteiger partial charge in [-0.15, -0.1) is 0 Å². The van der Waals surface area contributed by atoms with Crippen LogP contribution in [0.2, 0.25) is 0 Å². The number of amides is 1. The maximum absolute atomic E-state index is 13.9. The highest BCUT2D eigenvalue weighted by Gasteiger charge is 2.49. The smallest absolute Gasteiger partial charge is 0.241 e. The normalized spacial score (nSPS) is 25.1. The molecule has 3 aliphatic rings. The molecule has 6 rings (SSSR count). The van der Waals surface area contributed by atoms with Crippen LogP contribution in [-0.4, -0.2) is 56.6 Å². The highest BCUT2D eigenvalue weighted by Crippen LogP contribution is 2.48. The molecule has 2 aromatic carbocycles. The molecule has 8 nitrogen and oxygen atoms in total. The molecule has 3 atom stereocenters. The highest BCUT2D eigenvalue weighted by molar-refractivity contribution is 8.24. The summed E-state index contributed by atoms with van der Waals surface area (Å²) < 4.78 is 67.7. The number of rotatable bonds is 7. The average Bonchev–Trinajstić information content (AvgIpc) is 3.64. The molecule has 2 aliphatic carbocycles. The molecule has 1 aliphatic heterocycles. The first kappa shape index (κ1) is 29.5. The monoisotopic (exact) mass is 614 g/mol. The van der Waals surface area contributed by atoms with Gasteiger partial charge in [0, 0.05) is 47.7 Å². The molecule has 3 aromatic rings. The minimum Gasteiger partial charge on any atom is -0.440 e. The number of aromatic nitrogens is 1. The SMILES string of the molecule is N#CC1(NC(=O)[C@@H]2C[C@@H](C(F)F)CC[C@H]2c2oc(-c3ccc(F)cc3)nc2-c2ccc(N3CCS(O)(O)CC3)cc2)CC1. The molecule has 3 N–H and O–H groups in total. The quantitative estimate of drug-likeness (QED) is 0.272. The van der Waals surface area contributed by atoms with E-state index in [1.165, 1.54) is 12.1 Å². The van der Waals surface area contributed by atoms with Gasteiger partial charge in [0.15, 0.2) is 0 Å². The van der Waals surface area contributed by atoms with E-state index in [2.05, 4.69) is 16.3 Å². The van der Waals surface area contributed by atoms with Crippen molar-refractivity contribution in [3.05, 3.63) is 60.1 Å². The van der Waals surface area contributed by atoms with Gasteiger partial charge in [-0.1, -0.05) is 12.1 Å². The summed E-state index contributed by atoms with van der Waals surface area (Å²) in [7, 11) is -2.54. The second-order valence-corrected chi connectivity index (χ2v) is 14.2. The Kier molecular flexibility index (Phi) is 7.91. The van der Waals surface area contributed by atoms with Crippen molar-refractivity contribution in [1.82, 2.24) is 10.3 Å². The molecule has 12 heteroatoms. The van der Waals surface area contributed by atoms with E-state index in [-0.39, 0.29) is 25.2 Å². The number of hydrogen-bond donors (Lipinski definition) is 3. The van der Waals surface area contributed by atoms with Crippen LogP contribution in [0.25, 0.3) is 22.7 Å². The van der Waals surface area contributed by atoms with Crippen LogP contribution >= 0.6 is 10.6 Å². The maximum atomic E-state index is 13.9. The lowest BCUT2D eigenvalue weighted by atomic mass is 9.72. The molecule has 1 saturated heterocycles.